The van der Waals surface area contributed by atoms with Gasteiger partial charge in [0.25, 0.3) is 0 Å². The molecule has 0 radical (unpaired) electrons. The first kappa shape index (κ1) is 15.4. The molecule has 1 unspecified atom stereocenters. The molecule has 0 spiro atoms. The van der Waals surface area contributed by atoms with Crippen molar-refractivity contribution in [2.45, 2.75) is 31.2 Å². The van der Waals surface area contributed by atoms with Crippen molar-refractivity contribution in [3.05, 3.63) is 65.5 Å². The number of aryl methyl sites for hydroxylation is 3. The van der Waals surface area contributed by atoms with Crippen molar-refractivity contribution < 1.29 is 0 Å². The Kier molecular flexibility index (Phi) is 4.42. The summed E-state index contributed by atoms with van der Waals surface area (Å²) in [4.78, 5) is 4.84. The maximum absolute atomic E-state index is 6.46. The van der Waals surface area contributed by atoms with Gasteiger partial charge in [-0.1, -0.05) is 42.5 Å². The van der Waals surface area contributed by atoms with Crippen molar-refractivity contribution in [3.63, 3.8) is 0 Å². The molecule has 2 heterocycles. The van der Waals surface area contributed by atoms with Crippen molar-refractivity contribution in [2.75, 3.05) is 0 Å². The van der Waals surface area contributed by atoms with Crippen molar-refractivity contribution >= 4 is 35.0 Å². The number of hydrogen-bond donors (Lipinski definition) is 0. The third kappa shape index (κ3) is 2.62. The van der Waals surface area contributed by atoms with E-state index in [9.17, 15) is 0 Å². The summed E-state index contributed by atoms with van der Waals surface area (Å²) in [6.45, 7) is 0.978. The maximum Gasteiger partial charge on any atom is 0.110 e. The number of nitrogens with zero attached hydrogens (tertiary/aromatic N) is 2. The summed E-state index contributed by atoms with van der Waals surface area (Å²) >= 11 is 6.46. The monoisotopic (exact) mass is 332 g/mol. The van der Waals surface area contributed by atoms with Crippen LogP contribution in [-0.4, -0.2) is 9.55 Å². The number of hydrogen-bond acceptors (Lipinski definition) is 1. The van der Waals surface area contributed by atoms with Crippen LogP contribution < -0.4 is 0 Å². The highest BCUT2D eigenvalue weighted by molar-refractivity contribution is 6.21. The molecule has 3 aromatic rings. The summed E-state index contributed by atoms with van der Waals surface area (Å²) in [5.41, 5.74) is 4.93. The first-order valence-corrected chi connectivity index (χ1v) is 7.92. The topological polar surface area (TPSA) is 17.8 Å². The molecule has 0 bridgehead atoms. The fourth-order valence-corrected chi connectivity index (χ4v) is 3.52. The number of imidazole rings is 1. The second-order valence-corrected chi connectivity index (χ2v) is 6.16. The molecule has 0 saturated carbocycles. The molecule has 2 nitrogen and oxygen atoms in total. The second-order valence-electron chi connectivity index (χ2n) is 5.64. The van der Waals surface area contributed by atoms with Gasteiger partial charge in [-0.2, -0.15) is 0 Å². The van der Waals surface area contributed by atoms with Crippen LogP contribution in [0.3, 0.4) is 0 Å². The SMILES string of the molecule is Cl.ClC1CCn2c(CCc3ccccc3)nc3cccc1c32. The van der Waals surface area contributed by atoms with E-state index < -0.39 is 0 Å². The summed E-state index contributed by atoms with van der Waals surface area (Å²) in [6.07, 6.45) is 3.00. The number of alkyl halides is 1. The van der Waals surface area contributed by atoms with Crippen molar-refractivity contribution in [1.82, 2.24) is 9.55 Å². The van der Waals surface area contributed by atoms with Crippen molar-refractivity contribution in [3.8, 4) is 0 Å². The number of rotatable bonds is 3. The van der Waals surface area contributed by atoms with Gasteiger partial charge in [0, 0.05) is 13.0 Å². The predicted molar refractivity (Wildman–Crippen MR) is 94.0 cm³/mol. The Morgan fingerprint density at radius 3 is 2.68 bits per heavy atom. The number of halogens is 2. The number of aromatic nitrogens is 2. The van der Waals surface area contributed by atoms with E-state index in [-0.39, 0.29) is 17.8 Å². The lowest BCUT2D eigenvalue weighted by atomic mass is 10.0. The molecule has 2 aromatic carbocycles. The zero-order chi connectivity index (χ0) is 14.2. The number of para-hydroxylation sites is 1. The molecule has 1 aromatic heterocycles. The van der Waals surface area contributed by atoms with Gasteiger partial charge in [-0.25, -0.2) is 4.98 Å². The van der Waals surface area contributed by atoms with Crippen LogP contribution >= 0.6 is 24.0 Å². The summed E-state index contributed by atoms with van der Waals surface area (Å²) in [5, 5.41) is 0.125. The van der Waals surface area contributed by atoms with Crippen LogP contribution in [0.2, 0.25) is 0 Å². The van der Waals surface area contributed by atoms with E-state index in [2.05, 4.69) is 53.1 Å². The van der Waals surface area contributed by atoms with Gasteiger partial charge >= 0.3 is 0 Å². The predicted octanol–water partition coefficient (Wildman–Crippen LogP) is 4.93. The lowest BCUT2D eigenvalue weighted by Gasteiger charge is -2.20. The summed E-state index contributed by atoms with van der Waals surface area (Å²) in [7, 11) is 0. The fraction of sp³-hybridized carbons (Fsp3) is 0.278. The lowest BCUT2D eigenvalue weighted by molar-refractivity contribution is 0.590. The minimum atomic E-state index is 0. The quantitative estimate of drug-likeness (QED) is 0.622. The molecule has 4 heteroatoms. The van der Waals surface area contributed by atoms with Gasteiger partial charge < -0.3 is 4.57 Å². The van der Waals surface area contributed by atoms with E-state index in [1.54, 1.807) is 0 Å². The van der Waals surface area contributed by atoms with Gasteiger partial charge in [0.2, 0.25) is 0 Å². The molecule has 0 saturated heterocycles. The van der Waals surface area contributed by atoms with Crippen LogP contribution in [0.25, 0.3) is 11.0 Å². The van der Waals surface area contributed by atoms with Crippen LogP contribution in [0.4, 0.5) is 0 Å². The van der Waals surface area contributed by atoms with E-state index in [0.29, 0.717) is 0 Å². The van der Waals surface area contributed by atoms with Gasteiger partial charge in [-0.05, 0) is 30.0 Å². The Hall–Kier alpha value is -1.51. The zero-order valence-electron chi connectivity index (χ0n) is 12.2. The first-order chi connectivity index (χ1) is 10.3. The van der Waals surface area contributed by atoms with Crippen LogP contribution in [0.1, 0.15) is 28.7 Å². The molecular weight excluding hydrogens is 315 g/mol. The Labute approximate surface area is 141 Å². The normalized spacial score (nSPS) is 16.5. The highest BCUT2D eigenvalue weighted by atomic mass is 35.5. The van der Waals surface area contributed by atoms with Crippen molar-refractivity contribution in [2.24, 2.45) is 0 Å². The Balaban J connectivity index is 0.00000144. The van der Waals surface area contributed by atoms with Crippen LogP contribution in [0.15, 0.2) is 48.5 Å². The number of benzene rings is 2. The van der Waals surface area contributed by atoms with Gasteiger partial charge in [0.1, 0.15) is 5.82 Å². The highest BCUT2D eigenvalue weighted by Gasteiger charge is 2.23. The largest absolute Gasteiger partial charge is 0.328 e. The smallest absolute Gasteiger partial charge is 0.110 e. The molecule has 1 atom stereocenters. The van der Waals surface area contributed by atoms with Crippen LogP contribution in [0, 0.1) is 0 Å². The Bertz CT molecular complexity index is 780. The fourth-order valence-electron chi connectivity index (χ4n) is 3.24. The van der Waals surface area contributed by atoms with E-state index in [0.717, 1.165) is 31.3 Å². The van der Waals surface area contributed by atoms with Crippen LogP contribution in [-0.2, 0) is 19.4 Å². The van der Waals surface area contributed by atoms with E-state index in [1.807, 2.05) is 0 Å². The molecule has 1 aliphatic rings. The average molecular weight is 333 g/mol. The van der Waals surface area contributed by atoms with Crippen LogP contribution in [0.5, 0.6) is 0 Å². The van der Waals surface area contributed by atoms with Gasteiger partial charge in [-0.15, -0.1) is 24.0 Å². The van der Waals surface area contributed by atoms with Gasteiger partial charge in [0.15, 0.2) is 0 Å². The molecule has 114 valence electrons. The minimum Gasteiger partial charge on any atom is -0.328 e. The Morgan fingerprint density at radius 2 is 1.86 bits per heavy atom. The minimum absolute atomic E-state index is 0. The molecule has 0 amide bonds. The summed E-state index contributed by atoms with van der Waals surface area (Å²) < 4.78 is 2.37. The molecule has 0 fully saturated rings. The highest BCUT2D eigenvalue weighted by Crippen LogP contribution is 2.36. The first-order valence-electron chi connectivity index (χ1n) is 7.49. The van der Waals surface area contributed by atoms with E-state index in [1.165, 1.54) is 22.5 Å². The Morgan fingerprint density at radius 1 is 1.05 bits per heavy atom. The molecule has 0 N–H and O–H groups in total. The standard InChI is InChI=1S/C18H17ClN2.ClH/c19-15-11-12-21-17(10-9-13-5-2-1-3-6-13)20-16-8-4-7-14(15)18(16)21;/h1-8,15H,9-12H2;1H. The molecule has 4 rings (SSSR count). The average Bonchev–Trinajstić information content (AvgIpc) is 2.89. The van der Waals surface area contributed by atoms with E-state index >= 15 is 0 Å². The second kappa shape index (κ2) is 6.31. The third-order valence-electron chi connectivity index (χ3n) is 4.30. The van der Waals surface area contributed by atoms with Gasteiger partial charge in [-0.3, -0.25) is 0 Å². The maximum atomic E-state index is 6.46. The molecule has 22 heavy (non-hydrogen) atoms. The molecule has 0 aliphatic carbocycles. The molecular formula is C18H18Cl2N2. The molecule has 1 aliphatic heterocycles. The third-order valence-corrected chi connectivity index (χ3v) is 4.75. The summed E-state index contributed by atoms with van der Waals surface area (Å²) in [6, 6.07) is 16.9. The van der Waals surface area contributed by atoms with Gasteiger partial charge in [0.05, 0.1) is 16.4 Å². The zero-order valence-corrected chi connectivity index (χ0v) is 13.8. The van der Waals surface area contributed by atoms with Crippen molar-refractivity contribution in [1.29, 1.82) is 0 Å². The van der Waals surface area contributed by atoms with E-state index in [4.69, 9.17) is 16.6 Å². The summed E-state index contributed by atoms with van der Waals surface area (Å²) in [5.74, 6) is 1.19. The lowest BCUT2D eigenvalue weighted by Crippen LogP contribution is -2.12.